The number of anilines is 1. The lowest BCUT2D eigenvalue weighted by molar-refractivity contribution is -0.154. The lowest BCUT2D eigenvalue weighted by Gasteiger charge is -2.20. The zero-order valence-electron chi connectivity index (χ0n) is 12.2. The summed E-state index contributed by atoms with van der Waals surface area (Å²) in [4.78, 5) is 15.2. The van der Waals surface area contributed by atoms with Crippen molar-refractivity contribution in [1.29, 1.82) is 0 Å². The Morgan fingerprint density at radius 2 is 1.95 bits per heavy atom. The van der Waals surface area contributed by atoms with Gasteiger partial charge in [0.25, 0.3) is 0 Å². The number of nitrogen functional groups attached to an aromatic ring is 1. The van der Waals surface area contributed by atoms with E-state index in [0.717, 1.165) is 0 Å². The predicted molar refractivity (Wildman–Crippen MR) is 79.1 cm³/mol. The quantitative estimate of drug-likeness (QED) is 0.672. The number of hydrogen-bond donors (Lipinski definition) is 1. The molecule has 21 heavy (non-hydrogen) atoms. The molecule has 1 aromatic heterocycles. The van der Waals surface area contributed by atoms with Gasteiger partial charge in [0.05, 0.1) is 12.3 Å². The van der Waals surface area contributed by atoms with E-state index in [1.165, 1.54) is 6.92 Å². The molecule has 0 unspecified atom stereocenters. The average Bonchev–Trinajstić information content (AvgIpc) is 2.38. The van der Waals surface area contributed by atoms with Crippen molar-refractivity contribution in [2.45, 2.75) is 33.8 Å². The maximum absolute atomic E-state index is 13.4. The summed E-state index contributed by atoms with van der Waals surface area (Å²) in [5, 5.41) is -0.549. The van der Waals surface area contributed by atoms with Gasteiger partial charge in [0.1, 0.15) is 10.0 Å². The molecule has 5 nitrogen and oxygen atoms in total. The molecule has 118 valence electrons. The number of esters is 1. The Balaban J connectivity index is 2.80. The van der Waals surface area contributed by atoms with Crippen LogP contribution in [0.4, 0.5) is 10.1 Å². The van der Waals surface area contributed by atoms with Crippen molar-refractivity contribution >= 4 is 34.9 Å². The number of ether oxygens (including phenoxy) is 2. The van der Waals surface area contributed by atoms with Gasteiger partial charge in [-0.05, 0) is 12.3 Å². The van der Waals surface area contributed by atoms with Crippen LogP contribution in [-0.4, -0.2) is 23.7 Å². The second-order valence-electron chi connectivity index (χ2n) is 5.68. The number of rotatable bonds is 4. The summed E-state index contributed by atoms with van der Waals surface area (Å²) in [7, 11) is 0. The normalized spacial score (nSPS) is 12.9. The summed E-state index contributed by atoms with van der Waals surface area (Å²) in [6, 6.07) is 0. The van der Waals surface area contributed by atoms with Crippen molar-refractivity contribution < 1.29 is 18.7 Å². The molecule has 0 spiro atoms. The van der Waals surface area contributed by atoms with Gasteiger partial charge < -0.3 is 15.2 Å². The van der Waals surface area contributed by atoms with E-state index in [9.17, 15) is 9.18 Å². The van der Waals surface area contributed by atoms with Crippen LogP contribution in [0.25, 0.3) is 0 Å². The molecule has 0 saturated carbocycles. The molecule has 0 aromatic carbocycles. The standard InChI is InChI=1S/C13H17Cl2FN2O3/c1-6(12(19)20-5-13(2,3)4)21-11-8(15)9(17)7(14)10(16)18-11/h6H,5H2,1-4H3,(H2,17,18)/t6-/m1/s1. The minimum absolute atomic E-state index is 0.156. The van der Waals surface area contributed by atoms with E-state index in [1.54, 1.807) is 0 Å². The van der Waals surface area contributed by atoms with Crippen molar-refractivity contribution in [1.82, 2.24) is 4.98 Å². The van der Waals surface area contributed by atoms with Gasteiger partial charge in [-0.15, -0.1) is 0 Å². The third-order valence-corrected chi connectivity index (χ3v) is 3.03. The SMILES string of the molecule is C[C@@H](Oc1nc(F)c(Cl)c(N)c1Cl)C(=O)OCC(C)(C)C. The van der Waals surface area contributed by atoms with Gasteiger partial charge in [0.15, 0.2) is 6.10 Å². The zero-order chi connectivity index (χ0) is 16.4. The second-order valence-corrected chi connectivity index (χ2v) is 6.43. The van der Waals surface area contributed by atoms with E-state index in [-0.39, 0.29) is 28.6 Å². The van der Waals surface area contributed by atoms with Crippen molar-refractivity contribution in [3.63, 3.8) is 0 Å². The zero-order valence-corrected chi connectivity index (χ0v) is 13.7. The van der Waals surface area contributed by atoms with E-state index in [4.69, 9.17) is 38.4 Å². The fraction of sp³-hybridized carbons (Fsp3) is 0.538. The number of halogens is 3. The first-order chi connectivity index (χ1) is 9.53. The number of aromatic nitrogens is 1. The fourth-order valence-corrected chi connectivity index (χ4v) is 1.58. The molecule has 2 N–H and O–H groups in total. The highest BCUT2D eigenvalue weighted by molar-refractivity contribution is 6.39. The Labute approximate surface area is 132 Å². The highest BCUT2D eigenvalue weighted by atomic mass is 35.5. The second kappa shape index (κ2) is 6.66. The molecule has 8 heteroatoms. The Morgan fingerprint density at radius 3 is 2.48 bits per heavy atom. The summed E-state index contributed by atoms with van der Waals surface area (Å²) in [6.07, 6.45) is -1.02. The molecule has 1 rings (SSSR count). The number of nitrogens with zero attached hydrogens (tertiary/aromatic N) is 1. The first kappa shape index (κ1) is 17.8. The van der Waals surface area contributed by atoms with E-state index >= 15 is 0 Å². The van der Waals surface area contributed by atoms with Gasteiger partial charge in [0.2, 0.25) is 11.8 Å². The van der Waals surface area contributed by atoms with E-state index in [0.29, 0.717) is 0 Å². The number of carbonyl (C=O) groups excluding carboxylic acids is 1. The van der Waals surface area contributed by atoms with Crippen molar-refractivity contribution in [2.75, 3.05) is 12.3 Å². The van der Waals surface area contributed by atoms with Gasteiger partial charge in [-0.3, -0.25) is 0 Å². The molecule has 0 bridgehead atoms. The van der Waals surface area contributed by atoms with Gasteiger partial charge in [-0.1, -0.05) is 44.0 Å². The molecule has 0 amide bonds. The van der Waals surface area contributed by atoms with Crippen molar-refractivity contribution in [2.24, 2.45) is 5.41 Å². The Kier molecular flexibility index (Phi) is 5.64. The predicted octanol–water partition coefficient (Wildman–Crippen LogP) is 3.47. The van der Waals surface area contributed by atoms with E-state index < -0.39 is 23.0 Å². The Hall–Kier alpha value is -1.27. The maximum atomic E-state index is 13.4. The molecule has 1 atom stereocenters. The number of carbonyl (C=O) groups is 1. The Morgan fingerprint density at radius 1 is 1.38 bits per heavy atom. The summed E-state index contributed by atoms with van der Waals surface area (Å²) in [6.45, 7) is 7.40. The van der Waals surface area contributed by atoms with Gasteiger partial charge in [-0.25, -0.2) is 4.79 Å². The summed E-state index contributed by atoms with van der Waals surface area (Å²) >= 11 is 11.4. The molecule has 0 aliphatic rings. The van der Waals surface area contributed by atoms with Crippen molar-refractivity contribution in [3.05, 3.63) is 16.0 Å². The first-order valence-electron chi connectivity index (χ1n) is 6.16. The molecular weight excluding hydrogens is 322 g/mol. The number of hydrogen-bond acceptors (Lipinski definition) is 5. The monoisotopic (exact) mass is 338 g/mol. The molecule has 0 aliphatic carbocycles. The summed E-state index contributed by atoms with van der Waals surface area (Å²) < 4.78 is 23.7. The van der Waals surface area contributed by atoms with Gasteiger partial charge in [-0.2, -0.15) is 9.37 Å². The molecule has 0 saturated heterocycles. The molecule has 1 aromatic rings. The summed E-state index contributed by atoms with van der Waals surface area (Å²) in [5.41, 5.74) is 5.13. The largest absolute Gasteiger partial charge is 0.462 e. The number of pyridine rings is 1. The van der Waals surface area contributed by atoms with Crippen LogP contribution in [0.15, 0.2) is 0 Å². The molecule has 1 heterocycles. The Bertz CT molecular complexity index is 547. The topological polar surface area (TPSA) is 74.4 Å². The molecule has 0 radical (unpaired) electrons. The molecule has 0 aliphatic heterocycles. The van der Waals surface area contributed by atoms with Crippen LogP contribution >= 0.6 is 23.2 Å². The van der Waals surface area contributed by atoms with Gasteiger partial charge >= 0.3 is 5.97 Å². The lowest BCUT2D eigenvalue weighted by Crippen LogP contribution is -2.29. The van der Waals surface area contributed by atoms with Crippen LogP contribution in [0.5, 0.6) is 5.88 Å². The van der Waals surface area contributed by atoms with Crippen LogP contribution in [0.3, 0.4) is 0 Å². The lowest BCUT2D eigenvalue weighted by atomic mass is 9.99. The summed E-state index contributed by atoms with van der Waals surface area (Å²) in [5.74, 6) is -1.95. The fourth-order valence-electron chi connectivity index (χ4n) is 1.21. The third-order valence-electron chi connectivity index (χ3n) is 2.31. The molecule has 0 fully saturated rings. The molecular formula is C13H17Cl2FN2O3. The van der Waals surface area contributed by atoms with Gasteiger partial charge in [0, 0.05) is 0 Å². The van der Waals surface area contributed by atoms with E-state index in [2.05, 4.69) is 4.98 Å². The van der Waals surface area contributed by atoms with E-state index in [1.807, 2.05) is 20.8 Å². The highest BCUT2D eigenvalue weighted by Crippen LogP contribution is 2.35. The average molecular weight is 339 g/mol. The van der Waals surface area contributed by atoms with Crippen LogP contribution < -0.4 is 10.5 Å². The van der Waals surface area contributed by atoms with Crippen LogP contribution in [0.2, 0.25) is 10.0 Å². The third kappa shape index (κ3) is 4.89. The number of nitrogens with two attached hydrogens (primary N) is 1. The highest BCUT2D eigenvalue weighted by Gasteiger charge is 2.23. The van der Waals surface area contributed by atoms with Crippen LogP contribution in [0, 0.1) is 11.4 Å². The van der Waals surface area contributed by atoms with Crippen molar-refractivity contribution in [3.8, 4) is 5.88 Å². The minimum atomic E-state index is -1.02. The maximum Gasteiger partial charge on any atom is 0.347 e. The smallest absolute Gasteiger partial charge is 0.347 e. The van der Waals surface area contributed by atoms with Crippen LogP contribution in [-0.2, 0) is 9.53 Å². The first-order valence-corrected chi connectivity index (χ1v) is 6.92. The minimum Gasteiger partial charge on any atom is -0.462 e. The van der Waals surface area contributed by atoms with Crippen LogP contribution in [0.1, 0.15) is 27.7 Å².